The summed E-state index contributed by atoms with van der Waals surface area (Å²) in [6, 6.07) is 18.2. The van der Waals surface area contributed by atoms with Gasteiger partial charge in [0.05, 0.1) is 22.1 Å². The van der Waals surface area contributed by atoms with Gasteiger partial charge in [-0.3, -0.25) is 9.78 Å². The largest absolute Gasteiger partial charge is 0.482 e. The van der Waals surface area contributed by atoms with Gasteiger partial charge in [-0.05, 0) is 55.0 Å². The summed E-state index contributed by atoms with van der Waals surface area (Å²) in [4.78, 5) is 25.5. The molecular formula is C24H20ClN5O2. The number of rotatable bonds is 7. The molecule has 7 nitrogen and oxygen atoms in total. The van der Waals surface area contributed by atoms with Gasteiger partial charge in [-0.15, -0.1) is 0 Å². The first-order chi connectivity index (χ1) is 15.6. The van der Waals surface area contributed by atoms with Crippen molar-refractivity contribution in [2.75, 3.05) is 17.2 Å². The predicted molar refractivity (Wildman–Crippen MR) is 125 cm³/mol. The van der Waals surface area contributed by atoms with Crippen LogP contribution < -0.4 is 15.4 Å². The summed E-state index contributed by atoms with van der Waals surface area (Å²) in [6.45, 7) is 1.79. The summed E-state index contributed by atoms with van der Waals surface area (Å²) < 4.78 is 5.52. The molecule has 4 aromatic rings. The molecule has 8 heteroatoms. The molecule has 0 aliphatic heterocycles. The molecule has 2 aromatic carbocycles. The Hall–Kier alpha value is -3.97. The number of ether oxygens (including phenoxy) is 1. The van der Waals surface area contributed by atoms with Crippen LogP contribution >= 0.6 is 11.6 Å². The first kappa shape index (κ1) is 21.3. The second-order valence-electron chi connectivity index (χ2n) is 6.95. The third-order valence-electron chi connectivity index (χ3n) is 4.50. The quantitative estimate of drug-likeness (QED) is 0.403. The Bertz CT molecular complexity index is 1230. The lowest BCUT2D eigenvalue weighted by Gasteiger charge is -2.14. The van der Waals surface area contributed by atoms with Crippen LogP contribution in [0.15, 0.2) is 79.3 Å². The van der Waals surface area contributed by atoms with Crippen molar-refractivity contribution in [2.24, 2.45) is 0 Å². The number of aromatic nitrogens is 3. The number of amides is 1. The van der Waals surface area contributed by atoms with Crippen LogP contribution in [0.4, 0.5) is 17.3 Å². The Morgan fingerprint density at radius 2 is 1.91 bits per heavy atom. The molecule has 1 amide bonds. The van der Waals surface area contributed by atoms with Gasteiger partial charge in [0.25, 0.3) is 5.91 Å². The highest BCUT2D eigenvalue weighted by molar-refractivity contribution is 6.32. The molecule has 0 bridgehead atoms. The van der Waals surface area contributed by atoms with Crippen molar-refractivity contribution in [1.82, 2.24) is 15.0 Å². The van der Waals surface area contributed by atoms with Crippen molar-refractivity contribution < 1.29 is 9.53 Å². The Morgan fingerprint density at radius 1 is 1.03 bits per heavy atom. The third-order valence-corrected chi connectivity index (χ3v) is 4.82. The lowest BCUT2D eigenvalue weighted by atomic mass is 10.2. The number of carbonyl (C=O) groups is 1. The molecule has 32 heavy (non-hydrogen) atoms. The number of aryl methyl sites for hydroxylation is 1. The van der Waals surface area contributed by atoms with Gasteiger partial charge < -0.3 is 15.4 Å². The smallest absolute Gasteiger partial charge is 0.262 e. The number of hydrogen-bond donors (Lipinski definition) is 2. The van der Waals surface area contributed by atoms with Crippen molar-refractivity contribution in [3.05, 3.63) is 89.8 Å². The van der Waals surface area contributed by atoms with E-state index in [9.17, 15) is 4.79 Å². The highest BCUT2D eigenvalue weighted by Crippen LogP contribution is 2.27. The fourth-order valence-corrected chi connectivity index (χ4v) is 3.17. The van der Waals surface area contributed by atoms with Crippen LogP contribution in [0.1, 0.15) is 5.56 Å². The fraction of sp³-hybridized carbons (Fsp3) is 0.0833. The van der Waals surface area contributed by atoms with Gasteiger partial charge in [-0.25, -0.2) is 9.97 Å². The number of benzene rings is 2. The highest BCUT2D eigenvalue weighted by atomic mass is 35.5. The zero-order valence-electron chi connectivity index (χ0n) is 17.2. The van der Waals surface area contributed by atoms with Crippen LogP contribution in [-0.4, -0.2) is 27.5 Å². The molecule has 0 spiro atoms. The van der Waals surface area contributed by atoms with E-state index in [0.717, 1.165) is 16.8 Å². The van der Waals surface area contributed by atoms with Gasteiger partial charge in [0.2, 0.25) is 5.95 Å². The van der Waals surface area contributed by atoms with Crippen LogP contribution in [0.3, 0.4) is 0 Å². The molecule has 0 saturated carbocycles. The Labute approximate surface area is 190 Å². The van der Waals surface area contributed by atoms with Crippen molar-refractivity contribution in [1.29, 1.82) is 0 Å². The number of halogens is 1. The maximum atomic E-state index is 12.5. The van der Waals surface area contributed by atoms with Gasteiger partial charge in [0, 0.05) is 24.2 Å². The molecule has 0 unspecified atom stereocenters. The molecule has 160 valence electrons. The summed E-state index contributed by atoms with van der Waals surface area (Å²) in [5, 5.41) is 6.50. The monoisotopic (exact) mass is 445 g/mol. The minimum atomic E-state index is -0.318. The molecule has 0 aliphatic rings. The van der Waals surface area contributed by atoms with Crippen molar-refractivity contribution >= 4 is 34.8 Å². The first-order valence-electron chi connectivity index (χ1n) is 9.87. The van der Waals surface area contributed by atoms with E-state index in [1.807, 2.05) is 43.3 Å². The molecule has 0 saturated heterocycles. The summed E-state index contributed by atoms with van der Waals surface area (Å²) >= 11 is 6.07. The molecule has 0 atom stereocenters. The minimum Gasteiger partial charge on any atom is -0.482 e. The van der Waals surface area contributed by atoms with E-state index in [4.69, 9.17) is 16.3 Å². The number of nitrogens with zero attached hydrogens (tertiary/aromatic N) is 3. The SMILES string of the molecule is Cc1ccc(NC(=O)COc2ccccc2Cl)c(Nc2nccc(-c3cccnc3)n2)c1. The zero-order chi connectivity index (χ0) is 22.3. The fourth-order valence-electron chi connectivity index (χ4n) is 2.98. The van der Waals surface area contributed by atoms with Gasteiger partial charge in [-0.1, -0.05) is 29.8 Å². The molecule has 0 radical (unpaired) electrons. The average molecular weight is 446 g/mol. The maximum absolute atomic E-state index is 12.5. The molecule has 0 aliphatic carbocycles. The number of anilines is 3. The minimum absolute atomic E-state index is 0.177. The number of nitrogens with one attached hydrogen (secondary N) is 2. The van der Waals surface area contributed by atoms with E-state index in [2.05, 4.69) is 25.6 Å². The Kier molecular flexibility index (Phi) is 6.57. The highest BCUT2D eigenvalue weighted by Gasteiger charge is 2.11. The summed E-state index contributed by atoms with van der Waals surface area (Å²) in [5.74, 6) is 0.536. The predicted octanol–water partition coefficient (Wildman–Crippen LogP) is 5.26. The van der Waals surface area contributed by atoms with Gasteiger partial charge in [0.15, 0.2) is 6.61 Å². The Morgan fingerprint density at radius 3 is 2.72 bits per heavy atom. The van der Waals surface area contributed by atoms with Crippen molar-refractivity contribution in [3.8, 4) is 17.0 Å². The van der Waals surface area contributed by atoms with Gasteiger partial charge in [0.1, 0.15) is 5.75 Å². The molecule has 0 fully saturated rings. The summed E-state index contributed by atoms with van der Waals surface area (Å²) in [5.41, 5.74) is 3.88. The number of hydrogen-bond acceptors (Lipinski definition) is 6. The summed E-state index contributed by atoms with van der Waals surface area (Å²) in [6.07, 6.45) is 5.12. The van der Waals surface area contributed by atoms with E-state index in [1.54, 1.807) is 42.9 Å². The van der Waals surface area contributed by atoms with Crippen LogP contribution in [-0.2, 0) is 4.79 Å². The summed E-state index contributed by atoms with van der Waals surface area (Å²) in [7, 11) is 0. The van der Waals surface area contributed by atoms with Crippen LogP contribution in [0.25, 0.3) is 11.3 Å². The Balaban J connectivity index is 1.49. The van der Waals surface area contributed by atoms with E-state index in [-0.39, 0.29) is 12.5 Å². The standard InChI is InChI=1S/C24H20ClN5O2/c1-16-8-9-20(28-23(31)15-32-22-7-3-2-6-18(22)25)21(13-16)30-24-27-12-10-19(29-24)17-5-4-11-26-14-17/h2-14H,15H2,1H3,(H,28,31)(H,27,29,30). The maximum Gasteiger partial charge on any atom is 0.262 e. The molecule has 2 aromatic heterocycles. The normalized spacial score (nSPS) is 10.4. The van der Waals surface area contributed by atoms with Gasteiger partial charge >= 0.3 is 0 Å². The second-order valence-corrected chi connectivity index (χ2v) is 7.36. The third kappa shape index (κ3) is 5.39. The number of pyridine rings is 1. The molecule has 4 rings (SSSR count). The van der Waals surface area contributed by atoms with E-state index >= 15 is 0 Å². The van der Waals surface area contributed by atoms with Crippen molar-refractivity contribution in [2.45, 2.75) is 6.92 Å². The number of carbonyl (C=O) groups excluding carboxylic acids is 1. The lowest BCUT2D eigenvalue weighted by molar-refractivity contribution is -0.118. The molecular weight excluding hydrogens is 426 g/mol. The molecule has 2 N–H and O–H groups in total. The molecule has 2 heterocycles. The van der Waals surface area contributed by atoms with Crippen LogP contribution in [0.2, 0.25) is 5.02 Å². The number of para-hydroxylation sites is 1. The van der Waals surface area contributed by atoms with E-state index < -0.39 is 0 Å². The van der Waals surface area contributed by atoms with E-state index in [1.165, 1.54) is 0 Å². The van der Waals surface area contributed by atoms with Gasteiger partial charge in [-0.2, -0.15) is 0 Å². The average Bonchev–Trinajstić information content (AvgIpc) is 2.81. The first-order valence-corrected chi connectivity index (χ1v) is 10.2. The zero-order valence-corrected chi connectivity index (χ0v) is 18.0. The topological polar surface area (TPSA) is 89.0 Å². The van der Waals surface area contributed by atoms with E-state index in [0.29, 0.717) is 28.1 Å². The second kappa shape index (κ2) is 9.89. The van der Waals surface area contributed by atoms with Crippen LogP contribution in [0, 0.1) is 6.92 Å². The van der Waals surface area contributed by atoms with Crippen molar-refractivity contribution in [3.63, 3.8) is 0 Å². The lowest BCUT2D eigenvalue weighted by Crippen LogP contribution is -2.21. The van der Waals surface area contributed by atoms with Crippen LogP contribution in [0.5, 0.6) is 5.75 Å².